The van der Waals surface area contributed by atoms with Gasteiger partial charge in [-0.2, -0.15) is 8.42 Å². The molecule has 3 atom stereocenters. The van der Waals surface area contributed by atoms with Crippen LogP contribution in [0.5, 0.6) is 0 Å². The van der Waals surface area contributed by atoms with Crippen LogP contribution in [0, 0.1) is 5.92 Å². The van der Waals surface area contributed by atoms with E-state index in [1.807, 2.05) is 0 Å². The van der Waals surface area contributed by atoms with Crippen molar-refractivity contribution in [1.29, 1.82) is 0 Å². The van der Waals surface area contributed by atoms with Crippen molar-refractivity contribution in [2.24, 2.45) is 21.6 Å². The van der Waals surface area contributed by atoms with Crippen LogP contribution in [0.1, 0.15) is 44.7 Å². The predicted molar refractivity (Wildman–Crippen MR) is 181 cm³/mol. The van der Waals surface area contributed by atoms with E-state index in [2.05, 4.69) is 105 Å². The molecule has 16 nitrogen and oxygen atoms in total. The molecule has 0 saturated heterocycles. The molecular weight excluding hydrogens is 874 g/mol. The quantitative estimate of drug-likeness (QED) is 0.135. The summed E-state index contributed by atoms with van der Waals surface area (Å²) in [4.78, 5) is 48.9. The minimum atomic E-state index is -4.31. The van der Waals surface area contributed by atoms with Gasteiger partial charge < -0.3 is 42.4 Å². The van der Waals surface area contributed by atoms with E-state index in [0.29, 0.717) is 47.3 Å². The molecule has 5 rings (SSSR count). The van der Waals surface area contributed by atoms with E-state index in [4.69, 9.17) is 16.5 Å². The number of hydrogen-bond donors (Lipinski definition) is 9. The molecule has 1 aliphatic carbocycles. The molecule has 21 heteroatoms. The summed E-state index contributed by atoms with van der Waals surface area (Å²) in [5, 5.41) is 8.81. The summed E-state index contributed by atoms with van der Waals surface area (Å²) in [6, 6.07) is 3.27. The first-order chi connectivity index (χ1) is 21.2. The number of halogens is 4. The van der Waals surface area contributed by atoms with Crippen LogP contribution in [0.25, 0.3) is 0 Å². The highest BCUT2D eigenvalue weighted by atomic mass is 79.9. The molecule has 3 aromatic heterocycles. The molecule has 0 fully saturated rings. The van der Waals surface area contributed by atoms with Crippen LogP contribution in [-0.2, 0) is 16.5 Å². The summed E-state index contributed by atoms with van der Waals surface area (Å²) in [6.07, 6.45) is 0.601. The number of nitrogen functional groups attached to an aromatic ring is 1. The molecule has 4 heterocycles. The number of aromatic amines is 3. The number of hydrogen-bond acceptors (Lipinski definition) is 9. The van der Waals surface area contributed by atoms with E-state index >= 15 is 0 Å². The van der Waals surface area contributed by atoms with Gasteiger partial charge in [0, 0.05) is 30.6 Å². The number of nitrogens with one attached hydrogen (secondary N) is 6. The number of carbonyl (C=O) groups excluding carboxylic acids is 2. The Labute approximate surface area is 290 Å². The van der Waals surface area contributed by atoms with E-state index < -0.39 is 33.2 Å². The number of aromatic nitrogens is 4. The summed E-state index contributed by atoms with van der Waals surface area (Å²) in [6.45, 7) is -0.0252. The lowest BCUT2D eigenvalue weighted by Gasteiger charge is -2.44. The van der Waals surface area contributed by atoms with Crippen molar-refractivity contribution in [2.45, 2.75) is 24.3 Å². The number of imidazole rings is 1. The van der Waals surface area contributed by atoms with Crippen LogP contribution in [0.4, 0.5) is 5.95 Å². The third-order valence-electron chi connectivity index (χ3n) is 7.48. The van der Waals surface area contributed by atoms with Crippen molar-refractivity contribution in [2.75, 3.05) is 31.1 Å². The standard InChI is InChI=1S/C24H27Br4N11O5S/c25-11-6-14(34-17(11)27)19(40)31-2-1-10-16-13(36-22(29)37-16)5-9(8-33-20(41)15-7-12(26)18(28)35-15)24(10)21(38-23(30)39-24)32-3-4-45(42,43)44/h6-7,9-10,34-35H,1-5,8H2,(H,31,40)(H,33,41)(H3,29,36,37)(H,42,43,44)(H3,30,32,38,39). The number of fused-ring (bicyclic) bond motifs is 1. The van der Waals surface area contributed by atoms with Crippen LogP contribution >= 0.6 is 63.7 Å². The highest BCUT2D eigenvalue weighted by Gasteiger charge is 2.57. The normalized spacial score (nSPS) is 21.9. The summed E-state index contributed by atoms with van der Waals surface area (Å²) >= 11 is 13.4. The zero-order valence-corrected chi connectivity index (χ0v) is 30.2. The number of H-pyrrole nitrogens is 3. The monoisotopic (exact) mass is 897 g/mol. The Morgan fingerprint density at radius 3 is 2.24 bits per heavy atom. The molecule has 3 aromatic rings. The maximum atomic E-state index is 13.1. The number of amides is 2. The summed E-state index contributed by atoms with van der Waals surface area (Å²) in [5.41, 5.74) is 13.0. The fourth-order valence-electron chi connectivity index (χ4n) is 5.62. The zero-order chi connectivity index (χ0) is 32.7. The lowest BCUT2D eigenvalue weighted by Crippen LogP contribution is -2.57. The van der Waals surface area contributed by atoms with Crippen molar-refractivity contribution in [3.05, 3.63) is 53.1 Å². The number of guanidine groups is 1. The summed E-state index contributed by atoms with van der Waals surface area (Å²) in [7, 11) is -4.31. The van der Waals surface area contributed by atoms with Crippen LogP contribution in [0.2, 0.25) is 0 Å². The smallest absolute Gasteiger partial charge is 0.267 e. The SMILES string of the molecule is NC1=NC2(C(=NCCS(=O)(=O)O)N1)C(CNC(=O)c1cc(Br)c(Br)[nH]1)Cc1[nH]c(N)nc1C2CCNC(=O)c1cc(Br)c(Br)[nH]1. The second kappa shape index (κ2) is 13.2. The van der Waals surface area contributed by atoms with E-state index in [-0.39, 0.29) is 55.6 Å². The first-order valence-electron chi connectivity index (χ1n) is 13.3. The maximum Gasteiger partial charge on any atom is 0.267 e. The number of amidine groups is 1. The Morgan fingerprint density at radius 1 is 1.04 bits per heavy atom. The van der Waals surface area contributed by atoms with Crippen LogP contribution < -0.4 is 27.4 Å². The molecule has 0 bridgehead atoms. The molecule has 1 aliphatic heterocycles. The van der Waals surface area contributed by atoms with Crippen molar-refractivity contribution in [1.82, 2.24) is 35.9 Å². The highest BCUT2D eigenvalue weighted by Crippen LogP contribution is 2.48. The maximum absolute atomic E-state index is 13.1. The number of rotatable bonds is 10. The van der Waals surface area contributed by atoms with Gasteiger partial charge in [0.1, 0.15) is 22.8 Å². The molecule has 1 spiro atoms. The molecule has 45 heavy (non-hydrogen) atoms. The molecule has 0 aromatic carbocycles. The van der Waals surface area contributed by atoms with E-state index in [0.717, 1.165) is 0 Å². The minimum Gasteiger partial charge on any atom is -0.370 e. The molecule has 242 valence electrons. The summed E-state index contributed by atoms with van der Waals surface area (Å²) < 4.78 is 34.9. The van der Waals surface area contributed by atoms with Gasteiger partial charge in [0.25, 0.3) is 21.9 Å². The van der Waals surface area contributed by atoms with Gasteiger partial charge >= 0.3 is 0 Å². The second-order valence-corrected chi connectivity index (χ2v) is 15.2. The molecule has 3 unspecified atom stereocenters. The third kappa shape index (κ3) is 7.17. The average Bonchev–Trinajstić information content (AvgIpc) is 3.69. The van der Waals surface area contributed by atoms with Crippen LogP contribution in [0.15, 0.2) is 40.3 Å². The van der Waals surface area contributed by atoms with E-state index in [1.54, 1.807) is 12.1 Å². The van der Waals surface area contributed by atoms with Crippen LogP contribution in [0.3, 0.4) is 0 Å². The Bertz CT molecular complexity index is 1780. The van der Waals surface area contributed by atoms with E-state index in [1.165, 1.54) is 0 Å². The van der Waals surface area contributed by atoms with Crippen molar-refractivity contribution in [3.63, 3.8) is 0 Å². The van der Waals surface area contributed by atoms with Gasteiger partial charge in [0.15, 0.2) is 11.9 Å². The number of nitrogens with zero attached hydrogens (tertiary/aromatic N) is 3. The topological polar surface area (TPSA) is 262 Å². The highest BCUT2D eigenvalue weighted by molar-refractivity contribution is 9.13. The van der Waals surface area contributed by atoms with E-state index in [9.17, 15) is 22.6 Å². The molecular formula is C24H27Br4N11O5S. The molecule has 2 amide bonds. The Balaban J connectivity index is 1.50. The molecule has 11 N–H and O–H groups in total. The minimum absolute atomic E-state index is 0.0243. The van der Waals surface area contributed by atoms with Crippen molar-refractivity contribution < 1.29 is 22.6 Å². The Kier molecular flexibility index (Phi) is 9.85. The lowest BCUT2D eigenvalue weighted by molar-refractivity contribution is 0.0925. The Hall–Kier alpha value is -2.72. The average molecular weight is 901 g/mol. The number of anilines is 1. The molecule has 0 saturated carbocycles. The predicted octanol–water partition coefficient (Wildman–Crippen LogP) is 2.15. The number of carbonyl (C=O) groups is 2. The molecule has 2 aliphatic rings. The van der Waals surface area contributed by atoms with Gasteiger partial charge in [0.05, 0.1) is 36.1 Å². The van der Waals surface area contributed by atoms with Gasteiger partial charge in [0.2, 0.25) is 0 Å². The fraction of sp³-hybridized carbons (Fsp3) is 0.375. The van der Waals surface area contributed by atoms with Gasteiger partial charge in [-0.05, 0) is 88.7 Å². The third-order valence-corrected chi connectivity index (χ3v) is 11.7. The van der Waals surface area contributed by atoms with Gasteiger partial charge in [-0.1, -0.05) is 0 Å². The first kappa shape index (κ1) is 33.6. The Morgan fingerprint density at radius 2 is 1.67 bits per heavy atom. The van der Waals surface area contributed by atoms with Gasteiger partial charge in [-0.25, -0.2) is 9.98 Å². The van der Waals surface area contributed by atoms with Gasteiger partial charge in [-0.15, -0.1) is 0 Å². The van der Waals surface area contributed by atoms with Gasteiger partial charge in [-0.3, -0.25) is 19.1 Å². The number of aliphatic imine (C=N–C) groups is 2. The number of nitrogens with two attached hydrogens (primary N) is 2. The fourth-order valence-corrected chi connectivity index (χ4v) is 7.26. The molecule has 0 radical (unpaired) electrons. The van der Waals surface area contributed by atoms with Crippen molar-refractivity contribution >= 4 is 103 Å². The zero-order valence-electron chi connectivity index (χ0n) is 23.0. The first-order valence-corrected chi connectivity index (χ1v) is 18.1. The van der Waals surface area contributed by atoms with Crippen molar-refractivity contribution in [3.8, 4) is 0 Å². The largest absolute Gasteiger partial charge is 0.370 e. The lowest BCUT2D eigenvalue weighted by atomic mass is 9.64. The second-order valence-electron chi connectivity index (χ2n) is 10.3. The van der Waals surface area contributed by atoms with Crippen LogP contribution in [-0.4, -0.2) is 87.4 Å². The summed E-state index contributed by atoms with van der Waals surface area (Å²) in [5.74, 6) is -2.01.